The molecule has 2 heterocycles. The Balaban J connectivity index is 1.37. The molecule has 0 N–H and O–H groups in total. The van der Waals surface area contributed by atoms with Gasteiger partial charge in [-0.25, -0.2) is 4.98 Å². The maximum absolute atomic E-state index is 6.07. The van der Waals surface area contributed by atoms with Crippen molar-refractivity contribution in [2.75, 3.05) is 0 Å². The van der Waals surface area contributed by atoms with Crippen LogP contribution in [0.3, 0.4) is 0 Å². The van der Waals surface area contributed by atoms with Crippen LogP contribution < -0.4 is 0 Å². The topological polar surface area (TPSA) is 30.7 Å². The number of hydrogen-bond donors (Lipinski definition) is 0. The van der Waals surface area contributed by atoms with Crippen molar-refractivity contribution in [2.24, 2.45) is 7.05 Å². The summed E-state index contributed by atoms with van der Waals surface area (Å²) >= 11 is 0. The van der Waals surface area contributed by atoms with Crippen molar-refractivity contribution >= 4 is 0 Å². The maximum Gasteiger partial charge on any atom is 0.140 e. The lowest BCUT2D eigenvalue weighted by Gasteiger charge is -2.37. The van der Waals surface area contributed by atoms with Gasteiger partial charge in [0.25, 0.3) is 0 Å². The van der Waals surface area contributed by atoms with Gasteiger partial charge in [-0.2, -0.15) is 0 Å². The summed E-state index contributed by atoms with van der Waals surface area (Å²) in [5.74, 6) is 0.929. The van der Waals surface area contributed by atoms with Crippen LogP contribution in [0.15, 0.2) is 176 Å². The minimum Gasteiger partial charge on any atom is -0.334 e. The summed E-state index contributed by atoms with van der Waals surface area (Å²) in [6.45, 7) is 6.96. The minimum absolute atomic E-state index is 0.180. The van der Waals surface area contributed by atoms with Gasteiger partial charge in [-0.15, -0.1) is 0 Å². The summed E-state index contributed by atoms with van der Waals surface area (Å²) in [6, 6.07) is 61.9. The highest BCUT2D eigenvalue weighted by molar-refractivity contribution is 5.87. The molecule has 3 nitrogen and oxygen atoms in total. The first-order valence-corrected chi connectivity index (χ1v) is 18.9. The molecule has 0 fully saturated rings. The van der Waals surface area contributed by atoms with E-state index in [1.54, 1.807) is 0 Å². The summed E-state index contributed by atoms with van der Waals surface area (Å²) < 4.78 is 2.18. The molecule has 0 spiro atoms. The molecule has 2 aromatic heterocycles. The molecule has 2 aliphatic carbocycles. The number of imidazole rings is 1. The average molecular weight is 696 g/mol. The molecular formula is C51H41N3. The van der Waals surface area contributed by atoms with Crippen LogP contribution in [0.4, 0.5) is 0 Å². The van der Waals surface area contributed by atoms with Crippen LogP contribution in [-0.4, -0.2) is 14.5 Å². The summed E-state index contributed by atoms with van der Waals surface area (Å²) in [7, 11) is 2.11. The van der Waals surface area contributed by atoms with Crippen LogP contribution in [0.1, 0.15) is 71.2 Å². The molecule has 0 amide bonds. The third-order valence-corrected chi connectivity index (χ3v) is 11.9. The van der Waals surface area contributed by atoms with Crippen LogP contribution in [-0.2, 0) is 23.3 Å². The van der Waals surface area contributed by atoms with Gasteiger partial charge in [0.05, 0.1) is 22.5 Å². The van der Waals surface area contributed by atoms with E-state index in [1.807, 2.05) is 0 Å². The van der Waals surface area contributed by atoms with Gasteiger partial charge in [-0.1, -0.05) is 178 Å². The van der Waals surface area contributed by atoms with Gasteiger partial charge in [0.1, 0.15) is 11.2 Å². The Morgan fingerprint density at radius 1 is 0.444 bits per heavy atom. The summed E-state index contributed by atoms with van der Waals surface area (Å²) in [6.07, 6.45) is 2.24. The fourth-order valence-electron chi connectivity index (χ4n) is 9.43. The maximum atomic E-state index is 6.07. The first kappa shape index (κ1) is 32.3. The zero-order valence-corrected chi connectivity index (χ0v) is 31.1. The third-order valence-electron chi connectivity index (χ3n) is 11.9. The number of rotatable bonds is 5. The third kappa shape index (κ3) is 4.42. The van der Waals surface area contributed by atoms with Gasteiger partial charge in [-0.3, -0.25) is 4.98 Å². The lowest BCUT2D eigenvalue weighted by molar-refractivity contribution is 0.577. The van der Waals surface area contributed by atoms with Gasteiger partial charge in [0.15, 0.2) is 0 Å². The summed E-state index contributed by atoms with van der Waals surface area (Å²) in [5, 5.41) is 0. The second-order valence-corrected chi connectivity index (χ2v) is 15.9. The fourth-order valence-corrected chi connectivity index (χ4v) is 9.43. The van der Waals surface area contributed by atoms with Crippen molar-refractivity contribution in [1.82, 2.24) is 14.5 Å². The number of hydrogen-bond acceptors (Lipinski definition) is 2. The SMILES string of the molecule is Cn1cc(C2(c3cc(C(C)(C)C)cc(C4(c5ccccc5)c5ccccc5-c5ccccc54)n3)c3ccccc3-c3ccccc32)nc1-c1ccccc1. The van der Waals surface area contributed by atoms with E-state index in [4.69, 9.17) is 9.97 Å². The van der Waals surface area contributed by atoms with E-state index in [2.05, 4.69) is 208 Å². The van der Waals surface area contributed by atoms with Gasteiger partial charge in [-0.05, 0) is 73.2 Å². The molecule has 2 aliphatic rings. The van der Waals surface area contributed by atoms with Crippen LogP contribution in [0.5, 0.6) is 0 Å². The molecule has 8 aromatic rings. The number of aromatic nitrogens is 3. The Bertz CT molecular complexity index is 2620. The van der Waals surface area contributed by atoms with Gasteiger partial charge >= 0.3 is 0 Å². The average Bonchev–Trinajstić information content (AvgIpc) is 3.85. The van der Waals surface area contributed by atoms with Crippen LogP contribution in [0, 0.1) is 0 Å². The number of aryl methyl sites for hydroxylation is 1. The van der Waals surface area contributed by atoms with Gasteiger partial charge < -0.3 is 4.57 Å². The number of pyridine rings is 1. The highest BCUT2D eigenvalue weighted by Gasteiger charge is 2.52. The fraction of sp³-hybridized carbons (Fsp3) is 0.137. The Morgan fingerprint density at radius 2 is 0.852 bits per heavy atom. The first-order valence-electron chi connectivity index (χ1n) is 18.9. The Labute approximate surface area is 317 Å². The molecule has 0 saturated heterocycles. The van der Waals surface area contributed by atoms with Gasteiger partial charge in [0, 0.05) is 18.8 Å². The smallest absolute Gasteiger partial charge is 0.140 e. The van der Waals surface area contributed by atoms with E-state index in [-0.39, 0.29) is 5.41 Å². The van der Waals surface area contributed by atoms with Crippen LogP contribution in [0.2, 0.25) is 0 Å². The molecule has 0 aliphatic heterocycles. The molecule has 0 unspecified atom stereocenters. The largest absolute Gasteiger partial charge is 0.334 e. The molecule has 3 heteroatoms. The van der Waals surface area contributed by atoms with E-state index in [1.165, 1.54) is 55.6 Å². The monoisotopic (exact) mass is 695 g/mol. The number of nitrogens with zero attached hydrogens (tertiary/aromatic N) is 3. The molecule has 0 bridgehead atoms. The molecule has 10 rings (SSSR count). The van der Waals surface area contributed by atoms with Crippen LogP contribution in [0.25, 0.3) is 33.6 Å². The molecular weight excluding hydrogens is 655 g/mol. The summed E-state index contributed by atoms with van der Waals surface area (Å²) in [4.78, 5) is 11.7. The lowest BCUT2D eigenvalue weighted by Crippen LogP contribution is -2.35. The number of benzene rings is 6. The Hall–Kier alpha value is -6.32. The van der Waals surface area contributed by atoms with E-state index < -0.39 is 10.8 Å². The zero-order valence-electron chi connectivity index (χ0n) is 31.1. The first-order chi connectivity index (χ1) is 26.3. The van der Waals surface area contributed by atoms with E-state index in [0.29, 0.717) is 0 Å². The van der Waals surface area contributed by atoms with E-state index in [0.717, 1.165) is 28.5 Å². The second kappa shape index (κ2) is 11.8. The second-order valence-electron chi connectivity index (χ2n) is 15.9. The predicted octanol–water partition coefficient (Wildman–Crippen LogP) is 11.5. The predicted molar refractivity (Wildman–Crippen MR) is 220 cm³/mol. The van der Waals surface area contributed by atoms with Gasteiger partial charge in [0.2, 0.25) is 0 Å². The molecule has 54 heavy (non-hydrogen) atoms. The zero-order chi connectivity index (χ0) is 36.7. The normalized spacial score (nSPS) is 14.6. The standard InChI is InChI=1S/C51H41N3/c1-49(2,3)36-31-45(50(35-21-9-6-10-22-35)41-27-15-11-23-37(41)38-24-12-16-28-42(38)50)52-46(32-36)51(47-33-54(4)48(53-47)34-19-7-5-8-20-34)43-29-17-13-25-39(43)40-26-14-18-30-44(40)51/h5-33H,1-4H3. The van der Waals surface area contributed by atoms with Crippen molar-refractivity contribution < 1.29 is 0 Å². The van der Waals surface area contributed by atoms with Crippen molar-refractivity contribution in [3.8, 4) is 33.6 Å². The van der Waals surface area contributed by atoms with Crippen molar-refractivity contribution in [2.45, 2.75) is 37.0 Å². The Morgan fingerprint density at radius 3 is 1.33 bits per heavy atom. The molecule has 260 valence electrons. The molecule has 0 radical (unpaired) electrons. The van der Waals surface area contributed by atoms with Crippen molar-refractivity contribution in [3.63, 3.8) is 0 Å². The minimum atomic E-state index is -0.788. The highest BCUT2D eigenvalue weighted by Crippen LogP contribution is 2.59. The molecule has 0 saturated carbocycles. The molecule has 6 aromatic carbocycles. The van der Waals surface area contributed by atoms with Crippen molar-refractivity contribution in [1.29, 1.82) is 0 Å². The number of fused-ring (bicyclic) bond motifs is 6. The highest BCUT2D eigenvalue weighted by atomic mass is 15.1. The Kier molecular flexibility index (Phi) is 7.09. The quantitative estimate of drug-likeness (QED) is 0.179. The van der Waals surface area contributed by atoms with Crippen molar-refractivity contribution in [3.05, 3.63) is 227 Å². The lowest BCUT2D eigenvalue weighted by atomic mass is 9.67. The van der Waals surface area contributed by atoms with Crippen LogP contribution >= 0.6 is 0 Å². The summed E-state index contributed by atoms with van der Waals surface area (Å²) in [5.41, 5.74) is 14.7. The van der Waals surface area contributed by atoms with E-state index in [9.17, 15) is 0 Å². The molecule has 0 atom stereocenters. The van der Waals surface area contributed by atoms with E-state index >= 15 is 0 Å².